The number of nitrogens with one attached hydrogen (secondary N) is 2. The van der Waals surface area contributed by atoms with Gasteiger partial charge in [-0.1, -0.05) is 6.07 Å². The fraction of sp³-hybridized carbons (Fsp3) is 0.208. The van der Waals surface area contributed by atoms with Crippen molar-refractivity contribution >= 4 is 17.7 Å². The first-order valence-corrected chi connectivity index (χ1v) is 10.6. The highest BCUT2D eigenvalue weighted by Gasteiger charge is 2.43. The summed E-state index contributed by atoms with van der Waals surface area (Å²) in [6.45, 7) is 1.70. The molecule has 1 unspecified atom stereocenters. The zero-order chi connectivity index (χ0) is 26.1. The van der Waals surface area contributed by atoms with Crippen LogP contribution < -0.4 is 20.1 Å². The van der Waals surface area contributed by atoms with E-state index in [2.05, 4.69) is 20.4 Å². The number of amides is 2. The van der Waals surface area contributed by atoms with Gasteiger partial charge in [-0.2, -0.15) is 0 Å². The molecule has 0 bridgehead atoms. The van der Waals surface area contributed by atoms with Crippen molar-refractivity contribution in [3.05, 3.63) is 82.9 Å². The van der Waals surface area contributed by atoms with Crippen molar-refractivity contribution in [1.82, 2.24) is 10.3 Å². The Bertz CT molecular complexity index is 1330. The van der Waals surface area contributed by atoms with Gasteiger partial charge >= 0.3 is 18.4 Å². The Morgan fingerprint density at radius 3 is 2.61 bits per heavy atom. The minimum atomic E-state index is -5.08. The molecule has 1 atom stereocenters. The second kappa shape index (κ2) is 9.36. The van der Waals surface area contributed by atoms with Gasteiger partial charge in [0.25, 0.3) is 0 Å². The molecule has 0 saturated heterocycles. The number of rotatable bonds is 5. The fourth-order valence-corrected chi connectivity index (χ4v) is 3.99. The molecule has 1 aliphatic heterocycles. The van der Waals surface area contributed by atoms with Gasteiger partial charge in [0.2, 0.25) is 0 Å². The number of halogens is 4. The van der Waals surface area contributed by atoms with Gasteiger partial charge in [0.15, 0.2) is 11.6 Å². The first kappa shape index (κ1) is 24.8. The fourth-order valence-electron chi connectivity index (χ4n) is 3.99. The number of carboxylic acids is 1. The predicted molar refractivity (Wildman–Crippen MR) is 119 cm³/mol. The van der Waals surface area contributed by atoms with Gasteiger partial charge in [0.1, 0.15) is 17.0 Å². The molecule has 0 aliphatic carbocycles. The Labute approximate surface area is 201 Å². The summed E-state index contributed by atoms with van der Waals surface area (Å²) in [7, 11) is 0. The molecular formula is C24H19F4N3O5. The molecule has 0 fully saturated rings. The van der Waals surface area contributed by atoms with Crippen LogP contribution >= 0.6 is 0 Å². The van der Waals surface area contributed by atoms with Gasteiger partial charge in [0, 0.05) is 18.3 Å². The number of nitrogens with zero attached hydrogens (tertiary/aromatic N) is 1. The normalized spacial score (nSPS) is 16.9. The summed E-state index contributed by atoms with van der Waals surface area (Å²) in [5.74, 6) is -3.12. The quantitative estimate of drug-likeness (QED) is 0.423. The smallest absolute Gasteiger partial charge is 0.491 e. The Hall–Kier alpha value is -4.35. The Morgan fingerprint density at radius 1 is 1.17 bits per heavy atom. The number of benzene rings is 2. The Morgan fingerprint density at radius 2 is 1.94 bits per heavy atom. The summed E-state index contributed by atoms with van der Waals surface area (Å²) < 4.78 is 61.9. The van der Waals surface area contributed by atoms with Crippen molar-refractivity contribution in [2.75, 3.05) is 11.9 Å². The van der Waals surface area contributed by atoms with Crippen LogP contribution in [0.15, 0.2) is 54.7 Å². The molecule has 36 heavy (non-hydrogen) atoms. The highest BCUT2D eigenvalue weighted by Crippen LogP contribution is 2.42. The molecule has 8 nitrogen and oxygen atoms in total. The van der Waals surface area contributed by atoms with Crippen LogP contribution in [0.2, 0.25) is 0 Å². The lowest BCUT2D eigenvalue weighted by atomic mass is 9.81. The number of ether oxygens (including phenoxy) is 2. The Balaban J connectivity index is 1.72. The number of carbonyl (C=O) groups is 2. The number of fused-ring (bicyclic) bond motifs is 1. The van der Waals surface area contributed by atoms with Crippen molar-refractivity contribution < 1.29 is 41.7 Å². The number of carbonyl (C=O) groups excluding carboxylic acids is 1. The third-order valence-electron chi connectivity index (χ3n) is 5.61. The molecule has 1 aromatic heterocycles. The first-order chi connectivity index (χ1) is 17.0. The second-order valence-electron chi connectivity index (χ2n) is 7.96. The van der Waals surface area contributed by atoms with E-state index >= 15 is 0 Å². The molecule has 3 N–H and O–H groups in total. The molecule has 0 saturated carbocycles. The van der Waals surface area contributed by atoms with Crippen molar-refractivity contribution in [2.45, 2.75) is 25.2 Å². The van der Waals surface area contributed by atoms with Crippen LogP contribution in [0.4, 0.5) is 28.0 Å². The molecule has 0 radical (unpaired) electrons. The number of urea groups is 1. The third kappa shape index (κ3) is 5.02. The number of alkyl halides is 3. The molecule has 0 spiro atoms. The average molecular weight is 505 g/mol. The Kier molecular flexibility index (Phi) is 6.44. The van der Waals surface area contributed by atoms with Crippen LogP contribution in [0, 0.1) is 12.7 Å². The third-order valence-corrected chi connectivity index (χ3v) is 5.61. The van der Waals surface area contributed by atoms with Crippen LogP contribution in [0.1, 0.15) is 33.6 Å². The average Bonchev–Trinajstić information content (AvgIpc) is 2.81. The second-order valence-corrected chi connectivity index (χ2v) is 7.96. The van der Waals surface area contributed by atoms with E-state index in [-0.39, 0.29) is 29.8 Å². The van der Waals surface area contributed by atoms with Crippen molar-refractivity contribution in [1.29, 1.82) is 0 Å². The molecule has 4 rings (SSSR count). The number of aryl methyl sites for hydroxylation is 1. The zero-order valence-corrected chi connectivity index (χ0v) is 18.6. The standard InChI is InChI=1S/C24H19F4N3O5/c1-13-11-14(21(32)33)4-6-17(13)30-22(34)31-23(8-10-35-19-3-2-9-29-20(19)23)15-5-7-18(16(25)12-15)36-24(26,27)28/h2-7,9,11-12H,8,10H2,1H3,(H,32,33)(H2,30,31,34). The number of anilines is 1. The maximum Gasteiger partial charge on any atom is 0.573 e. The molecule has 188 valence electrons. The monoisotopic (exact) mass is 505 g/mol. The van der Waals surface area contributed by atoms with Crippen LogP contribution in [0.5, 0.6) is 11.5 Å². The van der Waals surface area contributed by atoms with Crippen molar-refractivity contribution in [3.63, 3.8) is 0 Å². The van der Waals surface area contributed by atoms with Crippen molar-refractivity contribution in [2.24, 2.45) is 0 Å². The van der Waals surface area contributed by atoms with Crippen LogP contribution in [-0.4, -0.2) is 35.1 Å². The maximum atomic E-state index is 14.7. The number of carboxylic acid groups (broad SMARTS) is 1. The summed E-state index contributed by atoms with van der Waals surface area (Å²) in [5.41, 5.74) is -0.288. The molecule has 2 heterocycles. The van der Waals surface area contributed by atoms with E-state index in [4.69, 9.17) is 9.84 Å². The largest absolute Gasteiger partial charge is 0.573 e. The zero-order valence-electron chi connectivity index (χ0n) is 18.6. The molecule has 1 aliphatic rings. The van der Waals surface area contributed by atoms with E-state index < -0.39 is 35.5 Å². The van der Waals surface area contributed by atoms with Gasteiger partial charge in [-0.15, -0.1) is 13.2 Å². The van der Waals surface area contributed by atoms with Crippen LogP contribution in [0.3, 0.4) is 0 Å². The maximum absolute atomic E-state index is 14.7. The van der Waals surface area contributed by atoms with E-state index in [0.29, 0.717) is 17.0 Å². The highest BCUT2D eigenvalue weighted by atomic mass is 19.4. The lowest BCUT2D eigenvalue weighted by Gasteiger charge is -2.39. The van der Waals surface area contributed by atoms with Gasteiger partial charge < -0.3 is 25.2 Å². The minimum absolute atomic E-state index is 0.0362. The molecular weight excluding hydrogens is 486 g/mol. The summed E-state index contributed by atoms with van der Waals surface area (Å²) in [4.78, 5) is 28.6. The van der Waals surface area contributed by atoms with Gasteiger partial charge in [-0.25, -0.2) is 14.0 Å². The molecule has 2 amide bonds. The minimum Gasteiger partial charge on any atom is -0.491 e. The number of pyridine rings is 1. The summed E-state index contributed by atoms with van der Waals surface area (Å²) >= 11 is 0. The van der Waals surface area contributed by atoms with E-state index in [1.54, 1.807) is 19.1 Å². The van der Waals surface area contributed by atoms with Gasteiger partial charge in [0.05, 0.1) is 12.2 Å². The highest BCUT2D eigenvalue weighted by molar-refractivity contribution is 5.93. The number of aromatic nitrogens is 1. The number of hydrogen-bond donors (Lipinski definition) is 3. The van der Waals surface area contributed by atoms with Crippen molar-refractivity contribution in [3.8, 4) is 11.5 Å². The molecule has 3 aromatic rings. The summed E-state index contributed by atoms with van der Waals surface area (Å²) in [5, 5.41) is 14.5. The van der Waals surface area contributed by atoms with Crippen LogP contribution in [-0.2, 0) is 5.54 Å². The number of hydrogen-bond acceptors (Lipinski definition) is 5. The summed E-state index contributed by atoms with van der Waals surface area (Å²) in [6.07, 6.45) is -3.56. The first-order valence-electron chi connectivity index (χ1n) is 10.6. The molecule has 12 heteroatoms. The predicted octanol–water partition coefficient (Wildman–Crippen LogP) is 4.97. The summed E-state index contributed by atoms with van der Waals surface area (Å²) in [6, 6.07) is 9.46. The van der Waals surface area contributed by atoms with Gasteiger partial charge in [-0.3, -0.25) is 4.98 Å². The SMILES string of the molecule is Cc1cc(C(=O)O)ccc1NC(=O)NC1(c2ccc(OC(F)(F)F)c(F)c2)CCOc2cccnc21. The molecule has 2 aromatic carbocycles. The topological polar surface area (TPSA) is 110 Å². The van der Waals surface area contributed by atoms with Crippen LogP contribution in [0.25, 0.3) is 0 Å². The van der Waals surface area contributed by atoms with E-state index in [1.165, 1.54) is 30.5 Å². The lowest BCUT2D eigenvalue weighted by Crippen LogP contribution is -2.51. The van der Waals surface area contributed by atoms with Gasteiger partial charge in [-0.05, 0) is 60.5 Å². The van der Waals surface area contributed by atoms with E-state index in [9.17, 15) is 27.2 Å². The van der Waals surface area contributed by atoms with E-state index in [0.717, 1.165) is 12.1 Å². The van der Waals surface area contributed by atoms with E-state index in [1.807, 2.05) is 0 Å². The lowest BCUT2D eigenvalue weighted by molar-refractivity contribution is -0.275. The number of aromatic carboxylic acids is 1.